The Morgan fingerprint density at radius 3 is 2.03 bits per heavy atom. The molecular formula is C51H37BN6OPt-2. The largest absolute Gasteiger partial charge is 0.510 e. The summed E-state index contributed by atoms with van der Waals surface area (Å²) >= 11 is 0. The number of anilines is 4. The third kappa shape index (κ3) is 6.10. The minimum Gasteiger partial charge on any atom is -0.510 e. The topological polar surface area (TPSA) is 42.3 Å². The number of hydrogen-bond acceptors (Lipinski definition) is 4. The number of nitrogens with zero attached hydrogens (tertiary/aromatic N) is 6. The molecule has 0 aliphatic carbocycles. The van der Waals surface area contributed by atoms with Gasteiger partial charge in [-0.05, 0) is 55.0 Å². The normalized spacial score (nSPS) is 13.3. The predicted octanol–water partition coefficient (Wildman–Crippen LogP) is 10.4. The van der Waals surface area contributed by atoms with Gasteiger partial charge in [0, 0.05) is 55.5 Å². The third-order valence-corrected chi connectivity index (χ3v) is 11.3. The van der Waals surface area contributed by atoms with Gasteiger partial charge in [0.25, 0.3) is 0 Å². The molecule has 0 radical (unpaired) electrons. The summed E-state index contributed by atoms with van der Waals surface area (Å²) in [6.45, 7) is 1.79. The van der Waals surface area contributed by atoms with Crippen LogP contribution < -0.4 is 24.4 Å². The first-order valence-electron chi connectivity index (χ1n) is 21.1. The zero-order valence-electron chi connectivity index (χ0n) is 35.7. The van der Waals surface area contributed by atoms with E-state index >= 15 is 0 Å². The SMILES string of the molecule is [2H]C([2H])([2H])[n+]1[c-]n(-c2[c-]c(Oc3[c-]c4c(cc3)c3ccccc3n4-c3cc4c(cn3)N(c3ccccc3)B(c3c(C)cccc3C)N4c3ccccc3)ccc2)c2ccccc21.[Pt]. The standard InChI is InChI=1S/C51H37BN6O.Pt/c1-35-16-14-17-36(2)51(35)52-57(37-18-6-4-7-19-37)48-32-50(53-33-49(48)58(52)38-20-8-5-9-21-38)56-44-25-11-10-24-42(44)43-29-28-41(31-47(43)56)59-40-23-15-22-39(30-40)55-34-54(3)45-26-12-13-27-46(45)55;/h4-29,32-33H,1-3H3;/q-2;/i3D3;. The maximum atomic E-state index is 8.10. The van der Waals surface area contributed by atoms with Gasteiger partial charge in [0.15, 0.2) is 0 Å². The first kappa shape index (κ1) is 34.0. The van der Waals surface area contributed by atoms with Gasteiger partial charge in [-0.15, -0.1) is 29.7 Å². The second-order valence-corrected chi connectivity index (χ2v) is 14.8. The minimum absolute atomic E-state index is 0. The molecule has 3 aromatic heterocycles. The van der Waals surface area contributed by atoms with E-state index in [2.05, 4.69) is 156 Å². The van der Waals surface area contributed by atoms with Crippen LogP contribution in [0.3, 0.4) is 0 Å². The van der Waals surface area contributed by atoms with Crippen molar-refractivity contribution in [1.29, 1.82) is 0 Å². The molecule has 0 fully saturated rings. The second-order valence-electron chi connectivity index (χ2n) is 14.8. The quantitative estimate of drug-likeness (QED) is 0.0907. The van der Waals surface area contributed by atoms with Crippen LogP contribution in [0.15, 0.2) is 170 Å². The van der Waals surface area contributed by atoms with E-state index in [1.54, 1.807) is 10.6 Å². The minimum atomic E-state index is -2.40. The van der Waals surface area contributed by atoms with Gasteiger partial charge in [-0.3, -0.25) is 0 Å². The van der Waals surface area contributed by atoms with Gasteiger partial charge in [-0.1, -0.05) is 119 Å². The van der Waals surface area contributed by atoms with Crippen LogP contribution in [0.2, 0.25) is 0 Å². The van der Waals surface area contributed by atoms with E-state index < -0.39 is 6.98 Å². The van der Waals surface area contributed by atoms with Gasteiger partial charge >= 0.3 is 6.98 Å². The van der Waals surface area contributed by atoms with Crippen molar-refractivity contribution in [2.24, 2.45) is 6.98 Å². The van der Waals surface area contributed by atoms with Crippen LogP contribution >= 0.6 is 0 Å². The number of ether oxygens (including phenoxy) is 1. The molecule has 1 aliphatic heterocycles. The van der Waals surface area contributed by atoms with Crippen molar-refractivity contribution in [2.75, 3.05) is 9.62 Å². The van der Waals surface area contributed by atoms with Crippen molar-refractivity contribution < 1.29 is 34.5 Å². The first-order valence-corrected chi connectivity index (χ1v) is 19.6. The number of hydrogen-bond donors (Lipinski definition) is 0. The zero-order valence-corrected chi connectivity index (χ0v) is 34.9. The number of pyridine rings is 1. The molecule has 9 heteroatoms. The summed E-state index contributed by atoms with van der Waals surface area (Å²) in [6.07, 6.45) is 5.02. The second kappa shape index (κ2) is 15.0. The maximum absolute atomic E-state index is 8.10. The first-order chi connectivity index (χ1) is 30.2. The monoisotopic (exact) mass is 958 g/mol. The number of para-hydroxylation sites is 5. The molecule has 0 saturated carbocycles. The van der Waals surface area contributed by atoms with Crippen LogP contribution in [-0.2, 0) is 28.0 Å². The number of fused-ring (bicyclic) bond motifs is 5. The van der Waals surface area contributed by atoms with Crippen LogP contribution in [0, 0.1) is 32.3 Å². The Kier molecular flexibility index (Phi) is 8.53. The van der Waals surface area contributed by atoms with E-state index in [1.807, 2.05) is 54.7 Å². The Hall–Kier alpha value is -6.89. The average Bonchev–Trinajstić information content (AvgIpc) is 3.95. The zero-order chi connectivity index (χ0) is 42.1. The van der Waals surface area contributed by atoms with E-state index in [0.717, 1.165) is 50.4 Å². The molecule has 0 N–H and O–H groups in total. The molecule has 0 amide bonds. The Morgan fingerprint density at radius 1 is 0.633 bits per heavy atom. The van der Waals surface area contributed by atoms with Gasteiger partial charge in [-0.25, -0.2) is 4.98 Å². The fourth-order valence-electron chi connectivity index (χ4n) is 8.69. The number of benzene rings is 7. The summed E-state index contributed by atoms with van der Waals surface area (Å²) in [5.74, 6) is 1.68. The molecule has 0 saturated heterocycles. The Labute approximate surface area is 367 Å². The van der Waals surface area contributed by atoms with Crippen LogP contribution in [0.5, 0.6) is 11.5 Å². The number of imidazole rings is 1. The molecule has 0 unspecified atom stereocenters. The van der Waals surface area contributed by atoms with Crippen molar-refractivity contribution in [3.63, 3.8) is 0 Å². The third-order valence-electron chi connectivity index (χ3n) is 11.3. The van der Waals surface area contributed by atoms with E-state index in [0.29, 0.717) is 28.2 Å². The van der Waals surface area contributed by atoms with Crippen LogP contribution in [-0.4, -0.2) is 21.1 Å². The summed E-state index contributed by atoms with van der Waals surface area (Å²) in [5, 5.41) is 2.08. The van der Waals surface area contributed by atoms with Crippen molar-refractivity contribution in [1.82, 2.24) is 14.1 Å². The van der Waals surface area contributed by atoms with Crippen LogP contribution in [0.1, 0.15) is 15.2 Å². The van der Waals surface area contributed by atoms with Gasteiger partial charge in [0.2, 0.25) is 6.33 Å². The van der Waals surface area contributed by atoms with Crippen molar-refractivity contribution in [3.8, 4) is 23.0 Å². The average molecular weight is 959 g/mol. The molecular weight excluding hydrogens is 918 g/mol. The summed E-state index contributed by atoms with van der Waals surface area (Å²) < 4.78 is 35.8. The number of rotatable bonds is 7. The molecule has 60 heavy (non-hydrogen) atoms. The molecule has 4 heterocycles. The summed E-state index contributed by atoms with van der Waals surface area (Å²) in [7, 11) is 0. The molecule has 292 valence electrons. The van der Waals surface area contributed by atoms with Crippen molar-refractivity contribution in [2.45, 2.75) is 13.8 Å². The molecule has 10 aromatic rings. The molecule has 0 spiro atoms. The molecule has 0 bridgehead atoms. The Balaban J connectivity index is 0.00000471. The molecule has 11 rings (SSSR count). The fourth-order valence-corrected chi connectivity index (χ4v) is 8.69. The van der Waals surface area contributed by atoms with Crippen molar-refractivity contribution >= 4 is 68.0 Å². The number of aryl methyl sites for hydroxylation is 3. The predicted molar refractivity (Wildman–Crippen MR) is 238 cm³/mol. The van der Waals surface area contributed by atoms with Gasteiger partial charge in [0.05, 0.1) is 39.7 Å². The van der Waals surface area contributed by atoms with Gasteiger partial charge < -0.3 is 28.1 Å². The molecule has 7 aromatic carbocycles. The van der Waals surface area contributed by atoms with E-state index in [1.165, 1.54) is 21.2 Å². The molecule has 1 aliphatic rings. The van der Waals surface area contributed by atoms with E-state index in [9.17, 15) is 0 Å². The summed E-state index contributed by atoms with van der Waals surface area (Å²) in [6, 6.07) is 62.0. The Morgan fingerprint density at radius 2 is 1.28 bits per heavy atom. The van der Waals surface area contributed by atoms with Crippen molar-refractivity contribution in [3.05, 3.63) is 200 Å². The Bertz CT molecular complexity index is 3320. The maximum Gasteiger partial charge on any atom is 0.421 e. The van der Waals surface area contributed by atoms with Crippen LogP contribution in [0.25, 0.3) is 44.3 Å². The smallest absolute Gasteiger partial charge is 0.421 e. The fraction of sp³-hybridized carbons (Fsp3) is 0.0588. The summed E-state index contributed by atoms with van der Waals surface area (Å²) in [5.41, 5.74) is 11.4. The van der Waals surface area contributed by atoms with Gasteiger partial charge in [0.1, 0.15) is 5.82 Å². The van der Waals surface area contributed by atoms with E-state index in [4.69, 9.17) is 13.8 Å². The van der Waals surface area contributed by atoms with Gasteiger partial charge in [-0.2, -0.15) is 18.2 Å². The summed E-state index contributed by atoms with van der Waals surface area (Å²) in [4.78, 5) is 10.1. The van der Waals surface area contributed by atoms with Crippen LogP contribution in [0.4, 0.5) is 22.7 Å². The number of aromatic nitrogens is 4. The molecule has 7 nitrogen and oxygen atoms in total. The molecule has 0 atom stereocenters. The van der Waals surface area contributed by atoms with E-state index in [-0.39, 0.29) is 28.0 Å².